The Balaban J connectivity index is 0. The standard InChI is InChI=1S/C4H8Cl2OS2.C3H7ClO2/c5-1-3-8-7-9-4-2-6;4-1-3(6)2-5/h1-4H2;3,5-6H,1-2H2. The van der Waals surface area contributed by atoms with Crippen molar-refractivity contribution in [2.45, 2.75) is 6.10 Å². The first-order valence-electron chi connectivity index (χ1n) is 4.10. The summed E-state index contributed by atoms with van der Waals surface area (Å²) >= 11 is 18.5. The number of rotatable bonds is 8. The summed E-state index contributed by atoms with van der Waals surface area (Å²) in [4.78, 5) is 0. The van der Waals surface area contributed by atoms with Crippen molar-refractivity contribution < 1.29 is 13.8 Å². The third-order valence-electron chi connectivity index (χ3n) is 0.806. The van der Waals surface area contributed by atoms with E-state index in [1.165, 1.54) is 24.1 Å². The highest BCUT2D eigenvalue weighted by Gasteiger charge is 1.94. The van der Waals surface area contributed by atoms with Crippen LogP contribution in [-0.2, 0) is 3.63 Å². The fourth-order valence-electron chi connectivity index (χ4n) is 0.214. The van der Waals surface area contributed by atoms with Crippen molar-refractivity contribution in [2.24, 2.45) is 0 Å². The van der Waals surface area contributed by atoms with Crippen molar-refractivity contribution in [2.75, 3.05) is 35.8 Å². The quantitative estimate of drug-likeness (QED) is 0.409. The van der Waals surface area contributed by atoms with Gasteiger partial charge in [0.1, 0.15) is 0 Å². The van der Waals surface area contributed by atoms with Gasteiger partial charge in [-0.3, -0.25) is 0 Å². The van der Waals surface area contributed by atoms with Gasteiger partial charge in [-0.05, 0) is 0 Å². The summed E-state index contributed by atoms with van der Waals surface area (Å²) in [6, 6.07) is 0. The maximum Gasteiger partial charge on any atom is 0.0905 e. The second-order valence-electron chi connectivity index (χ2n) is 2.08. The molecular formula is C7H15Cl3O3S2. The maximum absolute atomic E-state index is 8.28. The van der Waals surface area contributed by atoms with Crippen molar-refractivity contribution in [3.8, 4) is 0 Å². The van der Waals surface area contributed by atoms with Gasteiger partial charge < -0.3 is 10.2 Å². The molecule has 0 spiro atoms. The Hall–Kier alpha value is 1.45. The molecule has 0 aliphatic rings. The Labute approximate surface area is 114 Å². The van der Waals surface area contributed by atoms with Crippen molar-refractivity contribution in [3.63, 3.8) is 0 Å². The lowest BCUT2D eigenvalue weighted by Crippen LogP contribution is -2.12. The van der Waals surface area contributed by atoms with Crippen LogP contribution in [0.4, 0.5) is 0 Å². The van der Waals surface area contributed by atoms with Crippen LogP contribution in [0.25, 0.3) is 0 Å². The first-order valence-corrected chi connectivity index (χ1v) is 7.53. The molecule has 0 saturated heterocycles. The van der Waals surface area contributed by atoms with E-state index in [-0.39, 0.29) is 12.5 Å². The summed E-state index contributed by atoms with van der Waals surface area (Å²) in [5, 5.41) is 16.3. The molecule has 15 heavy (non-hydrogen) atoms. The van der Waals surface area contributed by atoms with Gasteiger partial charge in [0.2, 0.25) is 0 Å². The van der Waals surface area contributed by atoms with Crippen LogP contribution in [0.5, 0.6) is 0 Å². The predicted octanol–water partition coefficient (Wildman–Crippen LogP) is 2.36. The minimum absolute atomic E-state index is 0.108. The highest BCUT2D eigenvalue weighted by molar-refractivity contribution is 8.07. The predicted molar refractivity (Wildman–Crippen MR) is 71.3 cm³/mol. The number of aliphatic hydroxyl groups is 2. The van der Waals surface area contributed by atoms with Crippen LogP contribution in [0.3, 0.4) is 0 Å². The SMILES string of the molecule is ClCCSOSCCCl.OCC(O)CCl. The zero-order valence-electron chi connectivity index (χ0n) is 8.07. The minimum atomic E-state index is -0.744. The molecule has 0 radical (unpaired) electrons. The lowest BCUT2D eigenvalue weighted by atomic mass is 10.5. The molecule has 0 aromatic heterocycles. The average Bonchev–Trinajstić information content (AvgIpc) is 2.29. The number of alkyl halides is 3. The van der Waals surface area contributed by atoms with E-state index in [1.54, 1.807) is 0 Å². The summed E-state index contributed by atoms with van der Waals surface area (Å²) in [6.07, 6.45) is -0.744. The van der Waals surface area contributed by atoms with Crippen LogP contribution in [0.2, 0.25) is 0 Å². The Morgan fingerprint density at radius 2 is 1.53 bits per heavy atom. The Bertz CT molecular complexity index is 103. The van der Waals surface area contributed by atoms with Crippen molar-refractivity contribution in [1.82, 2.24) is 0 Å². The van der Waals surface area contributed by atoms with Crippen molar-refractivity contribution >= 4 is 58.9 Å². The average molecular weight is 318 g/mol. The molecule has 0 fully saturated rings. The Kier molecular flexibility index (Phi) is 22.4. The number of hydrogen-bond donors (Lipinski definition) is 2. The first-order chi connectivity index (χ1) is 7.22. The van der Waals surface area contributed by atoms with Crippen molar-refractivity contribution in [3.05, 3.63) is 0 Å². The third-order valence-corrected chi connectivity index (χ3v) is 3.50. The fraction of sp³-hybridized carbons (Fsp3) is 1.00. The first kappa shape index (κ1) is 18.8. The molecule has 0 amide bonds. The van der Waals surface area contributed by atoms with Gasteiger partial charge in [0.25, 0.3) is 0 Å². The van der Waals surface area contributed by atoms with E-state index in [4.69, 9.17) is 48.6 Å². The summed E-state index contributed by atoms with van der Waals surface area (Å²) in [5.41, 5.74) is 0. The monoisotopic (exact) mass is 316 g/mol. The highest BCUT2D eigenvalue weighted by atomic mass is 35.5. The Morgan fingerprint density at radius 3 is 1.73 bits per heavy atom. The van der Waals surface area contributed by atoms with E-state index in [2.05, 4.69) is 0 Å². The Morgan fingerprint density at radius 1 is 1.07 bits per heavy atom. The van der Waals surface area contributed by atoms with Crippen molar-refractivity contribution in [1.29, 1.82) is 0 Å². The normalized spacial score (nSPS) is 11.8. The van der Waals surface area contributed by atoms with Gasteiger partial charge in [-0.2, -0.15) is 0 Å². The maximum atomic E-state index is 8.28. The van der Waals surface area contributed by atoms with Crippen LogP contribution >= 0.6 is 58.9 Å². The molecule has 0 rings (SSSR count). The molecule has 1 unspecified atom stereocenters. The molecule has 8 heteroatoms. The van der Waals surface area contributed by atoms with Gasteiger partial charge in [0.15, 0.2) is 0 Å². The van der Waals surface area contributed by atoms with Crippen LogP contribution in [0.1, 0.15) is 0 Å². The van der Waals surface area contributed by atoms with Gasteiger partial charge >= 0.3 is 0 Å². The summed E-state index contributed by atoms with van der Waals surface area (Å²) < 4.78 is 4.98. The molecular weight excluding hydrogens is 303 g/mol. The van der Waals surface area contributed by atoms with Gasteiger partial charge in [-0.15, -0.1) is 34.8 Å². The molecule has 0 aliphatic heterocycles. The molecule has 0 aromatic carbocycles. The molecule has 94 valence electrons. The van der Waals surface area contributed by atoms with E-state index < -0.39 is 6.10 Å². The topological polar surface area (TPSA) is 49.7 Å². The van der Waals surface area contributed by atoms with Gasteiger partial charge in [-0.1, -0.05) is 0 Å². The largest absolute Gasteiger partial charge is 0.394 e. The van der Waals surface area contributed by atoms with E-state index in [0.717, 1.165) is 11.5 Å². The van der Waals surface area contributed by atoms with Gasteiger partial charge in [0, 0.05) is 47.4 Å². The van der Waals surface area contributed by atoms with Crippen LogP contribution in [-0.4, -0.2) is 52.1 Å². The summed E-state index contributed by atoms with van der Waals surface area (Å²) in [6.45, 7) is -0.247. The third kappa shape index (κ3) is 21.3. The van der Waals surface area contributed by atoms with Crippen LogP contribution in [0, 0.1) is 0 Å². The molecule has 3 nitrogen and oxygen atoms in total. The molecule has 0 saturated carbocycles. The second-order valence-corrected chi connectivity index (χ2v) is 4.98. The molecule has 0 bridgehead atoms. The van der Waals surface area contributed by atoms with E-state index in [9.17, 15) is 0 Å². The highest BCUT2D eigenvalue weighted by Crippen LogP contribution is 2.14. The zero-order valence-corrected chi connectivity index (χ0v) is 12.0. The molecule has 2 N–H and O–H groups in total. The summed E-state index contributed by atoms with van der Waals surface area (Å²) in [5.74, 6) is 3.03. The fourth-order valence-corrected chi connectivity index (χ4v) is 1.63. The van der Waals surface area contributed by atoms with E-state index in [0.29, 0.717) is 11.8 Å². The lowest BCUT2D eigenvalue weighted by Gasteiger charge is -1.95. The molecule has 0 heterocycles. The van der Waals surface area contributed by atoms with Crippen LogP contribution in [0.15, 0.2) is 0 Å². The second kappa shape index (κ2) is 17.8. The number of hydrogen-bond acceptors (Lipinski definition) is 5. The van der Waals surface area contributed by atoms with E-state index >= 15 is 0 Å². The van der Waals surface area contributed by atoms with Gasteiger partial charge in [0.05, 0.1) is 18.6 Å². The zero-order chi connectivity index (χ0) is 11.9. The molecule has 0 aliphatic carbocycles. The van der Waals surface area contributed by atoms with Gasteiger partial charge in [-0.25, -0.2) is 3.63 Å². The number of aliphatic hydroxyl groups excluding tert-OH is 2. The minimum Gasteiger partial charge on any atom is -0.394 e. The van der Waals surface area contributed by atoms with E-state index in [1.807, 2.05) is 0 Å². The smallest absolute Gasteiger partial charge is 0.0905 e. The summed E-state index contributed by atoms with van der Waals surface area (Å²) in [7, 11) is 0. The van der Waals surface area contributed by atoms with Crippen LogP contribution < -0.4 is 0 Å². The lowest BCUT2D eigenvalue weighted by molar-refractivity contribution is 0.112. The molecule has 0 aromatic rings. The molecule has 1 atom stereocenters. The number of halogens is 3.